The first kappa shape index (κ1) is 13.1. The lowest BCUT2D eigenvalue weighted by Crippen LogP contribution is -2.39. The number of urea groups is 1. The fourth-order valence-electron chi connectivity index (χ4n) is 2.62. The van der Waals surface area contributed by atoms with Crippen LogP contribution in [0.15, 0.2) is 41.7 Å². The van der Waals surface area contributed by atoms with Crippen molar-refractivity contribution in [3.05, 3.63) is 42.2 Å². The molecular formula is C16H14N4O. The number of rotatable bonds is 2. The third-order valence-electron chi connectivity index (χ3n) is 3.66. The number of aromatic nitrogens is 1. The summed E-state index contributed by atoms with van der Waals surface area (Å²) in [7, 11) is 0. The maximum atomic E-state index is 12.0. The van der Waals surface area contributed by atoms with Gasteiger partial charge < -0.3 is 5.73 Å². The number of benzene rings is 1. The predicted molar refractivity (Wildman–Crippen MR) is 81.6 cm³/mol. The van der Waals surface area contributed by atoms with Gasteiger partial charge in [0, 0.05) is 23.3 Å². The van der Waals surface area contributed by atoms with Crippen molar-refractivity contribution in [3.63, 3.8) is 0 Å². The molecular weight excluding hydrogens is 264 g/mol. The number of nitrogens with two attached hydrogens (primary N) is 1. The maximum Gasteiger partial charge on any atom is 0.347 e. The van der Waals surface area contributed by atoms with Crippen LogP contribution in [0.25, 0.3) is 10.8 Å². The molecule has 0 radical (unpaired) electrons. The summed E-state index contributed by atoms with van der Waals surface area (Å²) in [5.41, 5.74) is 6.80. The fourth-order valence-corrected chi connectivity index (χ4v) is 2.62. The number of amidine groups is 1. The van der Waals surface area contributed by atoms with E-state index in [2.05, 4.69) is 15.9 Å². The second kappa shape index (κ2) is 4.91. The first-order chi connectivity index (χ1) is 10.1. The van der Waals surface area contributed by atoms with Crippen molar-refractivity contribution >= 4 is 22.6 Å². The van der Waals surface area contributed by atoms with Crippen LogP contribution in [-0.4, -0.2) is 27.8 Å². The quantitative estimate of drug-likeness (QED) is 0.855. The van der Waals surface area contributed by atoms with Crippen molar-refractivity contribution in [2.24, 2.45) is 10.7 Å². The standard InChI is InChI=1S/C16H14N4O/c1-3-10(2)20-14(15(17)19-16(20)21)13-9-18-8-11-6-4-5-7-12(11)13/h1,4-10,14H,2H3,(H2,17,19,21). The van der Waals surface area contributed by atoms with E-state index in [1.807, 2.05) is 24.3 Å². The van der Waals surface area contributed by atoms with Gasteiger partial charge in [-0.3, -0.25) is 9.88 Å². The SMILES string of the molecule is C#CC(C)N1C(=O)N=C(N)C1c1cncc2ccccc12. The van der Waals surface area contributed by atoms with E-state index in [0.29, 0.717) is 0 Å². The second-order valence-corrected chi connectivity index (χ2v) is 4.92. The highest BCUT2D eigenvalue weighted by Crippen LogP contribution is 2.32. The molecule has 2 amide bonds. The molecule has 3 rings (SSSR count). The number of hydrogen-bond acceptors (Lipinski definition) is 3. The minimum Gasteiger partial charge on any atom is -0.385 e. The largest absolute Gasteiger partial charge is 0.385 e. The van der Waals surface area contributed by atoms with Gasteiger partial charge in [-0.25, -0.2) is 4.79 Å². The highest BCUT2D eigenvalue weighted by atomic mass is 16.2. The number of carbonyl (C=O) groups excluding carboxylic acids is 1. The van der Waals surface area contributed by atoms with Crippen molar-refractivity contribution < 1.29 is 4.79 Å². The van der Waals surface area contributed by atoms with E-state index in [-0.39, 0.29) is 5.84 Å². The van der Waals surface area contributed by atoms with Gasteiger partial charge in [0.2, 0.25) is 0 Å². The first-order valence-electron chi connectivity index (χ1n) is 6.58. The molecule has 0 spiro atoms. The van der Waals surface area contributed by atoms with E-state index < -0.39 is 18.1 Å². The Bertz CT molecular complexity index is 785. The smallest absolute Gasteiger partial charge is 0.347 e. The molecule has 21 heavy (non-hydrogen) atoms. The van der Waals surface area contributed by atoms with Crippen LogP contribution in [0, 0.1) is 12.3 Å². The van der Waals surface area contributed by atoms with Crippen LogP contribution >= 0.6 is 0 Å². The molecule has 2 unspecified atom stereocenters. The Labute approximate surface area is 122 Å². The normalized spacial score (nSPS) is 19.4. The summed E-state index contributed by atoms with van der Waals surface area (Å²) < 4.78 is 0. The highest BCUT2D eigenvalue weighted by Gasteiger charge is 2.38. The van der Waals surface area contributed by atoms with E-state index in [9.17, 15) is 4.79 Å². The molecule has 0 saturated heterocycles. The molecule has 104 valence electrons. The topological polar surface area (TPSA) is 71.6 Å². The zero-order chi connectivity index (χ0) is 15.0. The molecule has 1 aromatic carbocycles. The molecule has 2 N–H and O–H groups in total. The van der Waals surface area contributed by atoms with Gasteiger partial charge in [-0.15, -0.1) is 6.42 Å². The summed E-state index contributed by atoms with van der Waals surface area (Å²) in [6.07, 6.45) is 8.95. The van der Waals surface area contributed by atoms with Crippen molar-refractivity contribution in [1.82, 2.24) is 9.88 Å². The summed E-state index contributed by atoms with van der Waals surface area (Å²) in [4.78, 5) is 21.7. The second-order valence-electron chi connectivity index (χ2n) is 4.92. The van der Waals surface area contributed by atoms with Gasteiger partial charge in [-0.1, -0.05) is 30.2 Å². The molecule has 1 aromatic heterocycles. The molecule has 0 fully saturated rings. The van der Waals surface area contributed by atoms with Crippen LogP contribution in [0.1, 0.15) is 18.5 Å². The average molecular weight is 278 g/mol. The summed E-state index contributed by atoms with van der Waals surface area (Å²) in [6.45, 7) is 1.78. The molecule has 0 aliphatic carbocycles. The minimum absolute atomic E-state index is 0.250. The Hall–Kier alpha value is -2.87. The zero-order valence-corrected chi connectivity index (χ0v) is 11.5. The number of amides is 2. The number of carbonyl (C=O) groups is 1. The lowest BCUT2D eigenvalue weighted by Gasteiger charge is -2.27. The number of hydrogen-bond donors (Lipinski definition) is 1. The van der Waals surface area contributed by atoms with Crippen LogP contribution in [0.4, 0.5) is 4.79 Å². The van der Waals surface area contributed by atoms with Gasteiger partial charge in [0.05, 0.1) is 6.04 Å². The molecule has 0 bridgehead atoms. The van der Waals surface area contributed by atoms with Gasteiger partial charge in [0.1, 0.15) is 11.9 Å². The Morgan fingerprint density at radius 3 is 2.90 bits per heavy atom. The molecule has 2 aromatic rings. The van der Waals surface area contributed by atoms with Crippen LogP contribution in [-0.2, 0) is 0 Å². The van der Waals surface area contributed by atoms with Crippen LogP contribution in [0.2, 0.25) is 0 Å². The van der Waals surface area contributed by atoms with Gasteiger partial charge in [0.25, 0.3) is 0 Å². The van der Waals surface area contributed by atoms with Crippen molar-refractivity contribution in [1.29, 1.82) is 0 Å². The average Bonchev–Trinajstić information content (AvgIpc) is 2.80. The van der Waals surface area contributed by atoms with Gasteiger partial charge in [-0.05, 0) is 12.3 Å². The van der Waals surface area contributed by atoms with Crippen LogP contribution < -0.4 is 5.73 Å². The zero-order valence-electron chi connectivity index (χ0n) is 11.5. The third kappa shape index (κ3) is 2.01. The molecule has 2 atom stereocenters. The van der Waals surface area contributed by atoms with E-state index in [0.717, 1.165) is 16.3 Å². The monoisotopic (exact) mass is 278 g/mol. The van der Waals surface area contributed by atoms with E-state index >= 15 is 0 Å². The summed E-state index contributed by atoms with van der Waals surface area (Å²) >= 11 is 0. The van der Waals surface area contributed by atoms with Crippen molar-refractivity contribution in [3.8, 4) is 12.3 Å². The molecule has 1 aliphatic heterocycles. The van der Waals surface area contributed by atoms with Crippen LogP contribution in [0.3, 0.4) is 0 Å². The summed E-state index contributed by atoms with van der Waals surface area (Å²) in [5, 5.41) is 1.97. The van der Waals surface area contributed by atoms with Gasteiger partial charge in [0.15, 0.2) is 0 Å². The van der Waals surface area contributed by atoms with E-state index in [1.54, 1.807) is 19.3 Å². The summed E-state index contributed by atoms with van der Waals surface area (Å²) in [5.74, 6) is 2.81. The van der Waals surface area contributed by atoms with E-state index in [4.69, 9.17) is 12.2 Å². The number of terminal acetylenes is 1. The minimum atomic E-state index is -0.470. The Kier molecular flexibility index (Phi) is 3.07. The molecule has 1 aliphatic rings. The fraction of sp³-hybridized carbons (Fsp3) is 0.188. The Morgan fingerprint density at radius 1 is 1.38 bits per heavy atom. The molecule has 5 nitrogen and oxygen atoms in total. The number of aliphatic imine (C=N–C) groups is 1. The first-order valence-corrected chi connectivity index (χ1v) is 6.58. The molecule has 2 heterocycles. The predicted octanol–water partition coefficient (Wildman–Crippen LogP) is 2.09. The van der Waals surface area contributed by atoms with Gasteiger partial charge in [-0.2, -0.15) is 4.99 Å². The number of nitrogens with zero attached hydrogens (tertiary/aromatic N) is 3. The van der Waals surface area contributed by atoms with Crippen molar-refractivity contribution in [2.45, 2.75) is 19.0 Å². The summed E-state index contributed by atoms with van der Waals surface area (Å²) in [6, 6.07) is 6.54. The van der Waals surface area contributed by atoms with E-state index in [1.165, 1.54) is 4.90 Å². The number of pyridine rings is 1. The molecule has 5 heteroatoms. The van der Waals surface area contributed by atoms with Crippen LogP contribution in [0.5, 0.6) is 0 Å². The highest BCUT2D eigenvalue weighted by molar-refractivity contribution is 6.05. The third-order valence-corrected chi connectivity index (χ3v) is 3.66. The van der Waals surface area contributed by atoms with Gasteiger partial charge >= 0.3 is 6.03 Å². The number of fused-ring (bicyclic) bond motifs is 1. The molecule has 0 saturated carbocycles. The Morgan fingerprint density at radius 2 is 2.14 bits per heavy atom. The lowest BCUT2D eigenvalue weighted by molar-refractivity contribution is 0.199. The maximum absolute atomic E-state index is 12.0. The van der Waals surface area contributed by atoms with Crippen molar-refractivity contribution in [2.75, 3.05) is 0 Å². The Balaban J connectivity index is 2.19. The lowest BCUT2D eigenvalue weighted by atomic mass is 9.99.